The fourth-order valence-electron chi connectivity index (χ4n) is 2.74. The Bertz CT molecular complexity index is 958. The fourth-order valence-corrected chi connectivity index (χ4v) is 3.59. The first-order chi connectivity index (χ1) is 12.6. The van der Waals surface area contributed by atoms with Crippen LogP contribution in [0.15, 0.2) is 53.5 Å². The number of aromatic nitrogens is 2. The lowest BCUT2D eigenvalue weighted by Crippen LogP contribution is -2.26. The minimum Gasteiger partial charge on any atom is -0.306 e. The molecule has 1 N–H and O–H groups in total. The minimum atomic E-state index is -0.267. The number of nitrogens with one attached hydrogen (secondary N) is 1. The van der Waals surface area contributed by atoms with Crippen LogP contribution in [0.4, 0.5) is 5.13 Å². The zero-order valence-corrected chi connectivity index (χ0v) is 15.7. The third-order valence-electron chi connectivity index (χ3n) is 4.02. The fraction of sp³-hybridized carbons (Fsp3) is 0.250. The summed E-state index contributed by atoms with van der Waals surface area (Å²) in [5, 5.41) is 3.33. The highest BCUT2D eigenvalue weighted by Gasteiger charge is 2.12. The van der Waals surface area contributed by atoms with Gasteiger partial charge in [0.2, 0.25) is 5.91 Å². The normalized spacial score (nSPS) is 10.7. The molecule has 1 aromatic carbocycles. The van der Waals surface area contributed by atoms with E-state index in [2.05, 4.69) is 41.5 Å². The Hall–Kier alpha value is -2.73. The molecule has 26 heavy (non-hydrogen) atoms. The van der Waals surface area contributed by atoms with E-state index < -0.39 is 0 Å². The van der Waals surface area contributed by atoms with Crippen molar-refractivity contribution in [2.75, 3.05) is 5.32 Å². The van der Waals surface area contributed by atoms with Crippen molar-refractivity contribution in [2.45, 2.75) is 33.2 Å². The lowest BCUT2D eigenvalue weighted by molar-refractivity contribution is -0.116. The maximum absolute atomic E-state index is 12.2. The first-order valence-electron chi connectivity index (χ1n) is 8.59. The van der Waals surface area contributed by atoms with Crippen LogP contribution in [0, 0.1) is 6.92 Å². The van der Waals surface area contributed by atoms with Crippen molar-refractivity contribution in [3.63, 3.8) is 0 Å². The second-order valence-corrected chi connectivity index (χ2v) is 7.29. The van der Waals surface area contributed by atoms with Gasteiger partial charge in [0.15, 0.2) is 5.13 Å². The second kappa shape index (κ2) is 8.10. The van der Waals surface area contributed by atoms with Crippen molar-refractivity contribution in [1.29, 1.82) is 0 Å². The number of anilines is 1. The molecule has 2 aromatic heterocycles. The van der Waals surface area contributed by atoms with Gasteiger partial charge in [-0.2, -0.15) is 0 Å². The van der Waals surface area contributed by atoms with E-state index in [1.807, 2.05) is 6.92 Å². The largest absolute Gasteiger partial charge is 0.306 e. The molecule has 5 nitrogen and oxygen atoms in total. The molecule has 0 aliphatic rings. The van der Waals surface area contributed by atoms with Crippen LogP contribution in [0.3, 0.4) is 0 Å². The van der Waals surface area contributed by atoms with Crippen LogP contribution in [-0.2, 0) is 17.8 Å². The second-order valence-electron chi connectivity index (χ2n) is 6.09. The van der Waals surface area contributed by atoms with Gasteiger partial charge in [0.1, 0.15) is 6.54 Å². The van der Waals surface area contributed by atoms with Crippen molar-refractivity contribution in [2.24, 2.45) is 0 Å². The van der Waals surface area contributed by atoms with Crippen LogP contribution in [0.25, 0.3) is 11.3 Å². The standard InChI is InChI=1S/C20H21N3O2S/c1-3-6-15-8-10-16(11-9-15)19-14(2)26-20(22-19)21-17(24)13-23-12-5-4-7-18(23)25/h4-5,7-12H,3,6,13H2,1-2H3,(H,21,22,24). The third kappa shape index (κ3) is 4.26. The smallest absolute Gasteiger partial charge is 0.250 e. The average molecular weight is 367 g/mol. The van der Waals surface area contributed by atoms with Crippen molar-refractivity contribution in [3.8, 4) is 11.3 Å². The van der Waals surface area contributed by atoms with Crippen molar-refractivity contribution >= 4 is 22.4 Å². The summed E-state index contributed by atoms with van der Waals surface area (Å²) < 4.78 is 1.36. The Morgan fingerprint density at radius 1 is 1.19 bits per heavy atom. The highest BCUT2D eigenvalue weighted by atomic mass is 32.1. The van der Waals surface area contributed by atoms with Crippen LogP contribution < -0.4 is 10.9 Å². The van der Waals surface area contributed by atoms with Crippen molar-refractivity contribution < 1.29 is 4.79 Å². The topological polar surface area (TPSA) is 64.0 Å². The van der Waals surface area contributed by atoms with Gasteiger partial charge in [0.05, 0.1) is 5.69 Å². The Kier molecular flexibility index (Phi) is 5.63. The summed E-state index contributed by atoms with van der Waals surface area (Å²) in [6, 6.07) is 13.2. The summed E-state index contributed by atoms with van der Waals surface area (Å²) in [6.07, 6.45) is 3.78. The zero-order valence-electron chi connectivity index (χ0n) is 14.9. The summed E-state index contributed by atoms with van der Waals surface area (Å²) >= 11 is 1.44. The molecule has 134 valence electrons. The lowest BCUT2D eigenvalue weighted by atomic mass is 10.1. The van der Waals surface area contributed by atoms with Gasteiger partial charge in [-0.1, -0.05) is 43.7 Å². The van der Waals surface area contributed by atoms with Gasteiger partial charge in [0, 0.05) is 22.7 Å². The molecule has 3 aromatic rings. The first kappa shape index (κ1) is 18.1. The highest BCUT2D eigenvalue weighted by molar-refractivity contribution is 7.16. The molecule has 0 fully saturated rings. The van der Waals surface area contributed by atoms with Gasteiger partial charge in [-0.05, 0) is 25.0 Å². The Balaban J connectivity index is 1.72. The molecule has 0 unspecified atom stereocenters. The molecule has 0 radical (unpaired) electrons. The molecule has 3 rings (SSSR count). The van der Waals surface area contributed by atoms with E-state index in [0.29, 0.717) is 5.13 Å². The highest BCUT2D eigenvalue weighted by Crippen LogP contribution is 2.30. The van der Waals surface area contributed by atoms with Crippen molar-refractivity contribution in [3.05, 3.63) is 69.5 Å². The molecule has 0 saturated heterocycles. The minimum absolute atomic E-state index is 0.0284. The summed E-state index contributed by atoms with van der Waals surface area (Å²) in [6.45, 7) is 4.13. The number of thiazole rings is 1. The molecular formula is C20H21N3O2S. The van der Waals surface area contributed by atoms with E-state index in [-0.39, 0.29) is 18.0 Å². The molecular weight excluding hydrogens is 346 g/mol. The van der Waals surface area contributed by atoms with Gasteiger partial charge < -0.3 is 9.88 Å². The number of hydrogen-bond donors (Lipinski definition) is 1. The van der Waals surface area contributed by atoms with Crippen LogP contribution in [0.2, 0.25) is 0 Å². The summed E-state index contributed by atoms with van der Waals surface area (Å²) in [4.78, 5) is 29.5. The molecule has 0 spiro atoms. The Morgan fingerprint density at radius 3 is 2.65 bits per heavy atom. The molecule has 2 heterocycles. The number of nitrogens with zero attached hydrogens (tertiary/aromatic N) is 2. The van der Waals surface area contributed by atoms with Crippen LogP contribution >= 0.6 is 11.3 Å². The maximum atomic E-state index is 12.2. The molecule has 0 aliphatic carbocycles. The van der Waals surface area contributed by atoms with E-state index in [1.165, 1.54) is 27.5 Å². The summed E-state index contributed by atoms with van der Waals surface area (Å²) in [5.74, 6) is -0.267. The van der Waals surface area contributed by atoms with E-state index >= 15 is 0 Å². The maximum Gasteiger partial charge on any atom is 0.250 e. The molecule has 1 amide bonds. The predicted molar refractivity (Wildman–Crippen MR) is 106 cm³/mol. The monoisotopic (exact) mass is 367 g/mol. The predicted octanol–water partition coefficient (Wildman–Crippen LogP) is 3.87. The molecule has 0 saturated carbocycles. The Morgan fingerprint density at radius 2 is 1.96 bits per heavy atom. The van der Waals surface area contributed by atoms with E-state index in [1.54, 1.807) is 18.3 Å². The van der Waals surface area contributed by atoms with E-state index in [4.69, 9.17) is 0 Å². The van der Waals surface area contributed by atoms with E-state index in [0.717, 1.165) is 29.0 Å². The average Bonchev–Trinajstić information content (AvgIpc) is 2.98. The number of hydrogen-bond acceptors (Lipinski definition) is 4. The van der Waals surface area contributed by atoms with Gasteiger partial charge in [-0.25, -0.2) is 4.98 Å². The van der Waals surface area contributed by atoms with Gasteiger partial charge in [-0.3, -0.25) is 9.59 Å². The number of benzene rings is 1. The zero-order chi connectivity index (χ0) is 18.5. The summed E-state index contributed by atoms with van der Waals surface area (Å²) in [7, 11) is 0. The van der Waals surface area contributed by atoms with Crippen LogP contribution in [0.1, 0.15) is 23.8 Å². The summed E-state index contributed by atoms with van der Waals surface area (Å²) in [5.41, 5.74) is 3.03. The van der Waals surface area contributed by atoms with Gasteiger partial charge >= 0.3 is 0 Å². The van der Waals surface area contributed by atoms with Gasteiger partial charge in [-0.15, -0.1) is 11.3 Å². The quantitative estimate of drug-likeness (QED) is 0.719. The molecule has 0 aliphatic heterocycles. The number of carbonyl (C=O) groups is 1. The lowest BCUT2D eigenvalue weighted by Gasteiger charge is -2.04. The van der Waals surface area contributed by atoms with Gasteiger partial charge in [0.25, 0.3) is 5.56 Å². The van der Waals surface area contributed by atoms with Crippen molar-refractivity contribution in [1.82, 2.24) is 9.55 Å². The number of amides is 1. The van der Waals surface area contributed by atoms with E-state index in [9.17, 15) is 9.59 Å². The Labute approximate surface area is 156 Å². The third-order valence-corrected chi connectivity index (χ3v) is 4.91. The van der Waals surface area contributed by atoms with Crippen LogP contribution in [-0.4, -0.2) is 15.5 Å². The first-order valence-corrected chi connectivity index (χ1v) is 9.40. The number of rotatable bonds is 6. The SMILES string of the molecule is CCCc1ccc(-c2nc(NC(=O)Cn3ccccc3=O)sc2C)cc1. The number of carbonyl (C=O) groups excluding carboxylic acids is 1. The molecule has 6 heteroatoms. The number of aryl methyl sites for hydroxylation is 2. The molecule has 0 atom stereocenters. The molecule has 0 bridgehead atoms. The number of pyridine rings is 1. The van der Waals surface area contributed by atoms with Crippen LogP contribution in [0.5, 0.6) is 0 Å².